The van der Waals surface area contributed by atoms with Crippen molar-refractivity contribution in [2.45, 2.75) is 70.4 Å². The number of aliphatic hydroxyl groups excluding tert-OH is 2. The summed E-state index contributed by atoms with van der Waals surface area (Å²) in [6.07, 6.45) is -2.00. The van der Waals surface area contributed by atoms with E-state index in [0.29, 0.717) is 5.75 Å². The molecule has 1 aliphatic heterocycles. The molecule has 1 heterocycles. The molecule has 35 heavy (non-hydrogen) atoms. The van der Waals surface area contributed by atoms with Gasteiger partial charge in [-0.3, -0.25) is 0 Å². The van der Waals surface area contributed by atoms with Crippen molar-refractivity contribution >= 4 is 6.09 Å². The van der Waals surface area contributed by atoms with Crippen LogP contribution in [-0.4, -0.2) is 53.3 Å². The molecule has 192 valence electrons. The number of halogens is 2. The number of benzene rings is 2. The van der Waals surface area contributed by atoms with Crippen LogP contribution in [0.1, 0.15) is 50.4 Å². The van der Waals surface area contributed by atoms with Crippen LogP contribution in [0.25, 0.3) is 0 Å². The van der Waals surface area contributed by atoms with Gasteiger partial charge >= 0.3 is 6.09 Å². The zero-order valence-corrected chi connectivity index (χ0v) is 20.5. The molecule has 0 aromatic heterocycles. The van der Waals surface area contributed by atoms with Crippen molar-refractivity contribution in [1.82, 2.24) is 10.6 Å². The maximum Gasteiger partial charge on any atom is 0.407 e. The third-order valence-corrected chi connectivity index (χ3v) is 5.70. The molecule has 2 aromatic carbocycles. The van der Waals surface area contributed by atoms with Gasteiger partial charge in [-0.25, -0.2) is 13.6 Å². The summed E-state index contributed by atoms with van der Waals surface area (Å²) in [5.74, 6) is -0.854. The third kappa shape index (κ3) is 7.62. The molecule has 7 nitrogen and oxygen atoms in total. The number of aryl methyl sites for hydroxylation is 1. The Morgan fingerprint density at radius 1 is 1.17 bits per heavy atom. The van der Waals surface area contributed by atoms with E-state index in [9.17, 15) is 23.8 Å². The van der Waals surface area contributed by atoms with Crippen molar-refractivity contribution in [2.24, 2.45) is 0 Å². The maximum atomic E-state index is 13.7. The van der Waals surface area contributed by atoms with Gasteiger partial charge in [-0.15, -0.1) is 0 Å². The van der Waals surface area contributed by atoms with Gasteiger partial charge in [0.2, 0.25) is 0 Å². The van der Waals surface area contributed by atoms with E-state index in [-0.39, 0.29) is 25.1 Å². The molecule has 0 radical (unpaired) electrons. The molecule has 4 N–H and O–H groups in total. The predicted molar refractivity (Wildman–Crippen MR) is 127 cm³/mol. The minimum atomic E-state index is -1.17. The average Bonchev–Trinajstić information content (AvgIpc) is 2.75. The van der Waals surface area contributed by atoms with Gasteiger partial charge in [0.05, 0.1) is 18.2 Å². The highest BCUT2D eigenvalue weighted by atomic mass is 19.1. The zero-order chi connectivity index (χ0) is 25.8. The predicted octanol–water partition coefficient (Wildman–Crippen LogP) is 3.41. The molecule has 2 aromatic rings. The first-order valence-electron chi connectivity index (χ1n) is 11.7. The van der Waals surface area contributed by atoms with Gasteiger partial charge < -0.3 is 30.3 Å². The fraction of sp³-hybridized carbons (Fsp3) is 0.500. The Bertz CT molecular complexity index is 1010. The van der Waals surface area contributed by atoms with Crippen LogP contribution in [0.15, 0.2) is 36.4 Å². The van der Waals surface area contributed by atoms with E-state index in [2.05, 4.69) is 10.6 Å². The summed E-state index contributed by atoms with van der Waals surface area (Å²) in [6, 6.07) is 7.40. The van der Waals surface area contributed by atoms with Crippen LogP contribution in [0.4, 0.5) is 13.6 Å². The summed E-state index contributed by atoms with van der Waals surface area (Å²) in [5, 5.41) is 27.3. The highest BCUT2D eigenvalue weighted by Crippen LogP contribution is 2.33. The summed E-state index contributed by atoms with van der Waals surface area (Å²) in [6.45, 7) is 7.21. The molecular weight excluding hydrogens is 458 g/mol. The SMILES string of the molecule is CCc1ccc2c(c1)[C@H](NC[C@@H](O)[C@H](Cc1cc(F)cc(F)c1)NC(=O)OC(C)(C)C)[C@H](O)CO2. The van der Waals surface area contributed by atoms with E-state index >= 15 is 0 Å². The third-order valence-electron chi connectivity index (χ3n) is 5.70. The first kappa shape index (κ1) is 26.8. The Labute approximate surface area is 204 Å². The second kappa shape index (κ2) is 11.3. The fourth-order valence-corrected chi connectivity index (χ4v) is 4.03. The quantitative estimate of drug-likeness (QED) is 0.451. The lowest BCUT2D eigenvalue weighted by Gasteiger charge is -2.33. The Kier molecular flexibility index (Phi) is 8.69. The molecular formula is C26H34F2N2O5. The standard InChI is InChI=1S/C26H34F2N2O5/c1-5-15-6-7-23-19(10-15)24(22(32)14-34-23)29-13-21(31)20(30-25(33)35-26(2,3)4)11-16-8-17(27)12-18(28)9-16/h6-10,12,20-22,24,29,31-32H,5,11,13-14H2,1-4H3,(H,30,33)/t20-,21+,22+,24-/m0/s1. The van der Waals surface area contributed by atoms with Gasteiger partial charge in [0.1, 0.15) is 35.7 Å². The van der Waals surface area contributed by atoms with Gasteiger partial charge in [-0.05, 0) is 62.9 Å². The molecule has 0 saturated carbocycles. The molecule has 0 fully saturated rings. The van der Waals surface area contributed by atoms with Gasteiger partial charge in [0.25, 0.3) is 0 Å². The molecule has 1 amide bonds. The van der Waals surface area contributed by atoms with Crippen LogP contribution in [-0.2, 0) is 17.6 Å². The van der Waals surface area contributed by atoms with Crippen molar-refractivity contribution in [2.75, 3.05) is 13.2 Å². The summed E-state index contributed by atoms with van der Waals surface area (Å²) in [4.78, 5) is 12.4. The highest BCUT2D eigenvalue weighted by Gasteiger charge is 2.32. The Morgan fingerprint density at radius 3 is 2.49 bits per heavy atom. The lowest BCUT2D eigenvalue weighted by molar-refractivity contribution is 0.0351. The van der Waals surface area contributed by atoms with Gasteiger partial charge in [0, 0.05) is 18.2 Å². The van der Waals surface area contributed by atoms with Gasteiger partial charge in [0.15, 0.2) is 0 Å². The number of hydrogen-bond acceptors (Lipinski definition) is 6. The lowest BCUT2D eigenvalue weighted by Crippen LogP contribution is -2.51. The Balaban J connectivity index is 1.77. The van der Waals surface area contributed by atoms with Gasteiger partial charge in [-0.2, -0.15) is 0 Å². The van der Waals surface area contributed by atoms with E-state index in [1.54, 1.807) is 20.8 Å². The molecule has 0 unspecified atom stereocenters. The van der Waals surface area contributed by atoms with E-state index in [0.717, 1.165) is 35.7 Å². The number of fused-ring (bicyclic) bond motifs is 1. The zero-order valence-electron chi connectivity index (χ0n) is 20.5. The number of ether oxygens (including phenoxy) is 2. The molecule has 0 saturated heterocycles. The molecule has 0 aliphatic carbocycles. The van der Waals surface area contributed by atoms with Gasteiger partial charge in [-0.1, -0.05) is 19.1 Å². The van der Waals surface area contributed by atoms with Crippen LogP contribution in [0.5, 0.6) is 5.75 Å². The number of rotatable bonds is 8. The number of carbonyl (C=O) groups is 1. The smallest absolute Gasteiger partial charge is 0.407 e. The van der Waals surface area contributed by atoms with Crippen LogP contribution in [0.2, 0.25) is 0 Å². The summed E-state index contributed by atoms with van der Waals surface area (Å²) in [5.41, 5.74) is 1.35. The summed E-state index contributed by atoms with van der Waals surface area (Å²) < 4.78 is 38.4. The number of nitrogens with one attached hydrogen (secondary N) is 2. The van der Waals surface area contributed by atoms with E-state index in [1.807, 2.05) is 25.1 Å². The molecule has 1 aliphatic rings. The fourth-order valence-electron chi connectivity index (χ4n) is 4.03. The molecule has 0 spiro atoms. The first-order chi connectivity index (χ1) is 16.4. The maximum absolute atomic E-state index is 13.7. The van der Waals surface area contributed by atoms with Crippen LogP contribution < -0.4 is 15.4 Å². The van der Waals surface area contributed by atoms with E-state index in [1.165, 1.54) is 0 Å². The minimum Gasteiger partial charge on any atom is -0.490 e. The lowest BCUT2D eigenvalue weighted by atomic mass is 9.94. The number of aliphatic hydroxyl groups is 2. The second-order valence-corrected chi connectivity index (χ2v) is 9.79. The van der Waals surface area contributed by atoms with E-state index in [4.69, 9.17) is 9.47 Å². The summed E-state index contributed by atoms with van der Waals surface area (Å²) >= 11 is 0. The van der Waals surface area contributed by atoms with Crippen molar-refractivity contribution in [3.05, 3.63) is 64.7 Å². The molecule has 0 bridgehead atoms. The molecule has 9 heteroatoms. The Morgan fingerprint density at radius 2 is 1.86 bits per heavy atom. The van der Waals surface area contributed by atoms with E-state index < -0.39 is 47.6 Å². The second-order valence-electron chi connectivity index (χ2n) is 9.79. The monoisotopic (exact) mass is 492 g/mol. The van der Waals surface area contributed by atoms with Crippen LogP contribution in [0.3, 0.4) is 0 Å². The number of amides is 1. The largest absolute Gasteiger partial charge is 0.490 e. The van der Waals surface area contributed by atoms with Crippen LogP contribution >= 0.6 is 0 Å². The number of carbonyl (C=O) groups excluding carboxylic acids is 1. The van der Waals surface area contributed by atoms with Crippen molar-refractivity contribution in [1.29, 1.82) is 0 Å². The van der Waals surface area contributed by atoms with Crippen molar-refractivity contribution in [3.8, 4) is 5.75 Å². The van der Waals surface area contributed by atoms with Crippen LogP contribution in [0, 0.1) is 11.6 Å². The molecule has 4 atom stereocenters. The minimum absolute atomic E-state index is 0.0181. The average molecular weight is 493 g/mol. The number of hydrogen-bond donors (Lipinski definition) is 4. The van der Waals surface area contributed by atoms with Crippen molar-refractivity contribution < 1.29 is 33.3 Å². The molecule has 3 rings (SSSR count). The number of alkyl carbamates (subject to hydrolysis) is 1. The first-order valence-corrected chi connectivity index (χ1v) is 11.7. The normalized spacial score (nSPS) is 19.3. The highest BCUT2D eigenvalue weighted by molar-refractivity contribution is 5.68. The topological polar surface area (TPSA) is 100 Å². The van der Waals surface area contributed by atoms with Crippen molar-refractivity contribution in [3.63, 3.8) is 0 Å². The summed E-state index contributed by atoms with van der Waals surface area (Å²) in [7, 11) is 0. The Hall–Kier alpha value is -2.75.